The highest BCUT2D eigenvalue weighted by atomic mass is 19.1. The second-order valence-corrected chi connectivity index (χ2v) is 7.44. The highest BCUT2D eigenvalue weighted by Crippen LogP contribution is 2.23. The third kappa shape index (κ3) is 3.50. The Balaban J connectivity index is 1.24. The fourth-order valence-electron chi connectivity index (χ4n) is 3.86. The van der Waals surface area contributed by atoms with E-state index in [9.17, 15) is 9.18 Å². The number of halogens is 1. The van der Waals surface area contributed by atoms with Gasteiger partial charge >= 0.3 is 0 Å². The van der Waals surface area contributed by atoms with Gasteiger partial charge in [0.2, 0.25) is 0 Å². The molecular weight excluding hydrogens is 381 g/mol. The topological polar surface area (TPSA) is 73.9 Å². The highest BCUT2D eigenvalue weighted by Gasteiger charge is 2.25. The SMILES string of the molecule is O=C(NC1CCN(c2ccc(-c3ccccc3F)nn2)C1)c1ccc2[nH]ccc2c1. The van der Waals surface area contributed by atoms with Gasteiger partial charge in [-0.25, -0.2) is 4.39 Å². The third-order valence-corrected chi connectivity index (χ3v) is 5.46. The summed E-state index contributed by atoms with van der Waals surface area (Å²) in [6, 6.07) is 17.8. The van der Waals surface area contributed by atoms with Crippen molar-refractivity contribution in [3.8, 4) is 11.3 Å². The van der Waals surface area contributed by atoms with E-state index in [1.807, 2.05) is 36.5 Å². The molecule has 1 amide bonds. The van der Waals surface area contributed by atoms with Crippen LogP contribution in [-0.4, -0.2) is 40.2 Å². The smallest absolute Gasteiger partial charge is 0.251 e. The first kappa shape index (κ1) is 18.3. The van der Waals surface area contributed by atoms with Crippen LogP contribution in [0.3, 0.4) is 0 Å². The van der Waals surface area contributed by atoms with Crippen LogP contribution in [-0.2, 0) is 0 Å². The minimum Gasteiger partial charge on any atom is -0.361 e. The number of rotatable bonds is 4. The van der Waals surface area contributed by atoms with Crippen LogP contribution in [0.15, 0.2) is 66.9 Å². The summed E-state index contributed by atoms with van der Waals surface area (Å²) in [5, 5.41) is 12.6. The minimum atomic E-state index is -0.318. The first-order chi connectivity index (χ1) is 14.7. The summed E-state index contributed by atoms with van der Waals surface area (Å²) in [7, 11) is 0. The van der Waals surface area contributed by atoms with Crippen molar-refractivity contribution in [3.63, 3.8) is 0 Å². The van der Waals surface area contributed by atoms with Crippen LogP contribution in [0.2, 0.25) is 0 Å². The Bertz CT molecular complexity index is 1200. The van der Waals surface area contributed by atoms with E-state index in [1.54, 1.807) is 24.3 Å². The Labute approximate surface area is 172 Å². The molecule has 5 rings (SSSR count). The monoisotopic (exact) mass is 401 g/mol. The normalized spacial score (nSPS) is 16.2. The van der Waals surface area contributed by atoms with Crippen molar-refractivity contribution in [2.24, 2.45) is 0 Å². The lowest BCUT2D eigenvalue weighted by Crippen LogP contribution is -2.37. The Morgan fingerprint density at radius 1 is 1.10 bits per heavy atom. The van der Waals surface area contributed by atoms with E-state index in [2.05, 4.69) is 25.4 Å². The zero-order chi connectivity index (χ0) is 20.5. The molecule has 0 aliphatic carbocycles. The molecule has 4 aromatic rings. The van der Waals surface area contributed by atoms with Crippen LogP contribution in [0.5, 0.6) is 0 Å². The lowest BCUT2D eigenvalue weighted by molar-refractivity contribution is 0.0940. The number of anilines is 1. The molecule has 7 heteroatoms. The maximum Gasteiger partial charge on any atom is 0.251 e. The first-order valence-electron chi connectivity index (χ1n) is 9.89. The Kier molecular flexibility index (Phi) is 4.63. The van der Waals surface area contributed by atoms with Crippen LogP contribution in [0, 0.1) is 5.82 Å². The van der Waals surface area contributed by atoms with Crippen molar-refractivity contribution in [1.82, 2.24) is 20.5 Å². The molecule has 1 fully saturated rings. The Morgan fingerprint density at radius 3 is 2.83 bits per heavy atom. The zero-order valence-electron chi connectivity index (χ0n) is 16.2. The number of carbonyl (C=O) groups excluding carboxylic acids is 1. The Hall–Kier alpha value is -3.74. The van der Waals surface area contributed by atoms with Crippen molar-refractivity contribution in [1.29, 1.82) is 0 Å². The van der Waals surface area contributed by atoms with Gasteiger partial charge in [0.05, 0.1) is 5.69 Å². The molecule has 1 atom stereocenters. The number of fused-ring (bicyclic) bond motifs is 1. The van der Waals surface area contributed by atoms with E-state index in [0.29, 0.717) is 23.4 Å². The van der Waals surface area contributed by atoms with Gasteiger partial charge in [-0.1, -0.05) is 12.1 Å². The minimum absolute atomic E-state index is 0.0347. The van der Waals surface area contributed by atoms with Gasteiger partial charge in [-0.15, -0.1) is 10.2 Å². The van der Waals surface area contributed by atoms with Crippen molar-refractivity contribution < 1.29 is 9.18 Å². The van der Waals surface area contributed by atoms with Gasteiger partial charge in [0.1, 0.15) is 5.82 Å². The summed E-state index contributed by atoms with van der Waals surface area (Å²) in [5.74, 6) is 0.327. The second-order valence-electron chi connectivity index (χ2n) is 7.44. The quantitative estimate of drug-likeness (QED) is 0.546. The van der Waals surface area contributed by atoms with Gasteiger partial charge in [0.15, 0.2) is 5.82 Å². The predicted molar refractivity (Wildman–Crippen MR) is 114 cm³/mol. The van der Waals surface area contributed by atoms with Crippen LogP contribution >= 0.6 is 0 Å². The average Bonchev–Trinajstić information content (AvgIpc) is 3.43. The second kappa shape index (κ2) is 7.59. The van der Waals surface area contributed by atoms with E-state index < -0.39 is 0 Å². The molecule has 0 bridgehead atoms. The molecule has 2 aromatic carbocycles. The first-order valence-corrected chi connectivity index (χ1v) is 9.89. The summed E-state index contributed by atoms with van der Waals surface area (Å²) < 4.78 is 13.9. The van der Waals surface area contributed by atoms with Crippen molar-refractivity contribution in [2.75, 3.05) is 18.0 Å². The lowest BCUT2D eigenvalue weighted by atomic mass is 10.1. The number of nitrogens with zero attached hydrogens (tertiary/aromatic N) is 3. The lowest BCUT2D eigenvalue weighted by Gasteiger charge is -2.17. The number of hydrogen-bond acceptors (Lipinski definition) is 4. The maximum absolute atomic E-state index is 13.9. The summed E-state index contributed by atoms with van der Waals surface area (Å²) in [6.07, 6.45) is 2.69. The molecule has 1 aliphatic heterocycles. The van der Waals surface area contributed by atoms with Crippen molar-refractivity contribution in [3.05, 3.63) is 78.2 Å². The summed E-state index contributed by atoms with van der Waals surface area (Å²) in [5.41, 5.74) is 2.59. The molecule has 2 aromatic heterocycles. The van der Waals surface area contributed by atoms with Crippen LogP contribution in [0.25, 0.3) is 22.2 Å². The number of amides is 1. The zero-order valence-corrected chi connectivity index (χ0v) is 16.2. The van der Waals surface area contributed by atoms with Crippen molar-refractivity contribution in [2.45, 2.75) is 12.5 Å². The predicted octanol–water partition coefficient (Wildman–Crippen LogP) is 3.77. The molecule has 2 N–H and O–H groups in total. The van der Waals surface area contributed by atoms with Crippen LogP contribution < -0.4 is 10.2 Å². The van der Waals surface area contributed by atoms with Gasteiger partial charge in [0.25, 0.3) is 5.91 Å². The van der Waals surface area contributed by atoms with E-state index in [-0.39, 0.29) is 17.8 Å². The van der Waals surface area contributed by atoms with Gasteiger partial charge in [0, 0.05) is 47.4 Å². The molecule has 0 saturated carbocycles. The fraction of sp³-hybridized carbons (Fsp3) is 0.174. The van der Waals surface area contributed by atoms with Gasteiger partial charge in [-0.05, 0) is 55.0 Å². The van der Waals surface area contributed by atoms with Gasteiger partial charge in [-0.2, -0.15) is 0 Å². The largest absolute Gasteiger partial charge is 0.361 e. The van der Waals surface area contributed by atoms with Gasteiger partial charge in [-0.3, -0.25) is 4.79 Å². The summed E-state index contributed by atoms with van der Waals surface area (Å²) in [6.45, 7) is 1.43. The third-order valence-electron chi connectivity index (χ3n) is 5.46. The van der Waals surface area contributed by atoms with Crippen molar-refractivity contribution >= 4 is 22.6 Å². The molecular formula is C23H20FN5O. The molecule has 1 saturated heterocycles. The number of carbonyl (C=O) groups is 1. The summed E-state index contributed by atoms with van der Waals surface area (Å²) in [4.78, 5) is 17.8. The number of hydrogen-bond donors (Lipinski definition) is 2. The maximum atomic E-state index is 13.9. The number of benzene rings is 2. The van der Waals surface area contributed by atoms with Crippen LogP contribution in [0.1, 0.15) is 16.8 Å². The molecule has 1 unspecified atom stereocenters. The van der Waals surface area contributed by atoms with Gasteiger partial charge < -0.3 is 15.2 Å². The molecule has 3 heterocycles. The molecule has 1 aliphatic rings. The standard InChI is InChI=1S/C23H20FN5O/c24-19-4-2-1-3-18(19)21-7-8-22(28-27-21)29-12-10-17(14-29)26-23(30)16-5-6-20-15(13-16)9-11-25-20/h1-9,11,13,17,25H,10,12,14H2,(H,26,30). The van der Waals surface area contributed by atoms with E-state index in [1.165, 1.54) is 6.07 Å². The van der Waals surface area contributed by atoms with Crippen LogP contribution in [0.4, 0.5) is 10.2 Å². The van der Waals surface area contributed by atoms with E-state index in [0.717, 1.165) is 29.7 Å². The number of aromatic amines is 1. The highest BCUT2D eigenvalue weighted by molar-refractivity contribution is 5.98. The van der Waals surface area contributed by atoms with E-state index in [4.69, 9.17) is 0 Å². The number of aromatic nitrogens is 3. The molecule has 30 heavy (non-hydrogen) atoms. The van der Waals surface area contributed by atoms with E-state index >= 15 is 0 Å². The number of H-pyrrole nitrogens is 1. The average molecular weight is 401 g/mol. The molecule has 0 radical (unpaired) electrons. The Morgan fingerprint density at radius 2 is 2.00 bits per heavy atom. The molecule has 6 nitrogen and oxygen atoms in total. The number of nitrogens with one attached hydrogen (secondary N) is 2. The molecule has 0 spiro atoms. The summed E-state index contributed by atoms with van der Waals surface area (Å²) >= 11 is 0. The fourth-order valence-corrected chi connectivity index (χ4v) is 3.86. The molecule has 150 valence electrons.